The van der Waals surface area contributed by atoms with Gasteiger partial charge in [-0.3, -0.25) is 14.5 Å². The molecular weight excluding hydrogens is 396 g/mol. The van der Waals surface area contributed by atoms with E-state index in [-0.39, 0.29) is 18.4 Å². The molecule has 0 bridgehead atoms. The van der Waals surface area contributed by atoms with Gasteiger partial charge in [-0.15, -0.1) is 0 Å². The molecule has 2 heterocycles. The van der Waals surface area contributed by atoms with Gasteiger partial charge in [0.15, 0.2) is 5.82 Å². The van der Waals surface area contributed by atoms with Crippen molar-refractivity contribution in [2.45, 2.75) is 13.3 Å². The summed E-state index contributed by atoms with van der Waals surface area (Å²) >= 11 is 6.03. The Labute approximate surface area is 174 Å². The summed E-state index contributed by atoms with van der Waals surface area (Å²) in [6.45, 7) is 6.17. The minimum atomic E-state index is -0.333. The first-order valence-corrected chi connectivity index (χ1v) is 9.97. The number of benzene rings is 1. The fourth-order valence-electron chi connectivity index (χ4n) is 3.15. The van der Waals surface area contributed by atoms with Crippen LogP contribution >= 0.6 is 11.6 Å². The highest BCUT2D eigenvalue weighted by Gasteiger charge is 2.20. The minimum Gasteiger partial charge on any atom is -0.379 e. The summed E-state index contributed by atoms with van der Waals surface area (Å²) in [5.41, 5.74) is 0.453. The van der Waals surface area contributed by atoms with Gasteiger partial charge in [0, 0.05) is 42.8 Å². The van der Waals surface area contributed by atoms with E-state index in [9.17, 15) is 9.59 Å². The van der Waals surface area contributed by atoms with Crippen LogP contribution in [-0.4, -0.2) is 72.7 Å². The average molecular weight is 421 g/mol. The molecule has 1 aromatic carbocycles. The van der Waals surface area contributed by atoms with E-state index in [1.165, 1.54) is 4.90 Å². The number of nitrogens with zero attached hydrogens (tertiary/aromatic N) is 3. The molecule has 1 aliphatic rings. The van der Waals surface area contributed by atoms with E-state index in [2.05, 4.69) is 15.4 Å². The lowest BCUT2D eigenvalue weighted by Gasteiger charge is -2.28. The van der Waals surface area contributed by atoms with E-state index in [0.717, 1.165) is 39.3 Å². The van der Waals surface area contributed by atoms with Crippen molar-refractivity contribution >= 4 is 29.2 Å². The Balaban J connectivity index is 1.62. The third kappa shape index (κ3) is 6.56. The number of rotatable bonds is 8. The number of carbonyl (C=O) groups excluding carboxylic acids is 2. The molecular formula is C20H25ClN4O4. The summed E-state index contributed by atoms with van der Waals surface area (Å²) in [6, 6.07) is 8.36. The summed E-state index contributed by atoms with van der Waals surface area (Å²) in [7, 11) is 0. The van der Waals surface area contributed by atoms with Gasteiger partial charge in [-0.25, -0.2) is 0 Å². The third-order valence-corrected chi connectivity index (χ3v) is 4.83. The van der Waals surface area contributed by atoms with Crippen molar-refractivity contribution in [1.82, 2.24) is 15.0 Å². The van der Waals surface area contributed by atoms with E-state index in [4.69, 9.17) is 20.9 Å². The summed E-state index contributed by atoms with van der Waals surface area (Å²) in [5, 5.41) is 6.89. The van der Waals surface area contributed by atoms with Crippen LogP contribution in [0.25, 0.3) is 0 Å². The van der Waals surface area contributed by atoms with Crippen LogP contribution in [0.1, 0.15) is 22.5 Å². The van der Waals surface area contributed by atoms with Gasteiger partial charge in [-0.1, -0.05) is 22.8 Å². The lowest BCUT2D eigenvalue weighted by molar-refractivity contribution is -0.117. The maximum atomic E-state index is 13.0. The van der Waals surface area contributed by atoms with E-state index in [1.54, 1.807) is 37.3 Å². The normalized spacial score (nSPS) is 14.6. The quantitative estimate of drug-likeness (QED) is 0.705. The molecule has 0 radical (unpaired) electrons. The van der Waals surface area contributed by atoms with Crippen molar-refractivity contribution in [3.63, 3.8) is 0 Å². The highest BCUT2D eigenvalue weighted by atomic mass is 35.5. The van der Waals surface area contributed by atoms with Gasteiger partial charge in [-0.2, -0.15) is 0 Å². The number of aryl methyl sites for hydroxylation is 1. The Kier molecular flexibility index (Phi) is 7.62. The molecule has 0 saturated carbocycles. The molecule has 2 amide bonds. The lowest BCUT2D eigenvalue weighted by atomic mass is 10.2. The molecule has 0 atom stereocenters. The predicted octanol–water partition coefficient (Wildman–Crippen LogP) is 2.44. The van der Waals surface area contributed by atoms with Crippen LogP contribution in [0.4, 0.5) is 5.82 Å². The van der Waals surface area contributed by atoms with Gasteiger partial charge in [-0.05, 0) is 31.5 Å². The fourth-order valence-corrected chi connectivity index (χ4v) is 3.34. The molecule has 1 aromatic heterocycles. The molecule has 0 spiro atoms. The van der Waals surface area contributed by atoms with Crippen molar-refractivity contribution < 1.29 is 18.8 Å². The summed E-state index contributed by atoms with van der Waals surface area (Å²) in [6.07, 6.45) is 0.753. The largest absolute Gasteiger partial charge is 0.379 e. The van der Waals surface area contributed by atoms with E-state index >= 15 is 0 Å². The van der Waals surface area contributed by atoms with Crippen LogP contribution in [0, 0.1) is 6.92 Å². The van der Waals surface area contributed by atoms with Crippen molar-refractivity contribution in [2.24, 2.45) is 0 Å². The molecule has 3 rings (SSSR count). The Morgan fingerprint density at radius 3 is 2.76 bits per heavy atom. The van der Waals surface area contributed by atoms with Gasteiger partial charge in [0.1, 0.15) is 12.3 Å². The molecule has 156 valence electrons. The van der Waals surface area contributed by atoms with Crippen molar-refractivity contribution in [1.29, 1.82) is 0 Å². The molecule has 1 N–H and O–H groups in total. The molecule has 2 aromatic rings. The second-order valence-corrected chi connectivity index (χ2v) is 7.35. The molecule has 1 fully saturated rings. The molecule has 0 aliphatic carbocycles. The molecule has 8 nitrogen and oxygen atoms in total. The molecule has 0 unspecified atom stereocenters. The average Bonchev–Trinajstić information content (AvgIpc) is 3.12. The van der Waals surface area contributed by atoms with Crippen LogP contribution in [0.5, 0.6) is 0 Å². The third-order valence-electron chi connectivity index (χ3n) is 4.59. The van der Waals surface area contributed by atoms with Crippen LogP contribution in [0.2, 0.25) is 5.02 Å². The molecule has 9 heteroatoms. The van der Waals surface area contributed by atoms with Gasteiger partial charge in [0.25, 0.3) is 5.91 Å². The Morgan fingerprint density at radius 2 is 2.07 bits per heavy atom. The number of aromatic nitrogens is 1. The van der Waals surface area contributed by atoms with Crippen molar-refractivity contribution in [2.75, 3.05) is 51.3 Å². The van der Waals surface area contributed by atoms with E-state index in [0.29, 0.717) is 28.7 Å². The second-order valence-electron chi connectivity index (χ2n) is 6.92. The molecule has 1 saturated heterocycles. The minimum absolute atomic E-state index is 0.0830. The topological polar surface area (TPSA) is 87.9 Å². The smallest absolute Gasteiger partial charge is 0.254 e. The number of hydrogen-bond donors (Lipinski definition) is 1. The molecule has 1 aliphatic heterocycles. The first-order valence-electron chi connectivity index (χ1n) is 9.59. The highest BCUT2D eigenvalue weighted by molar-refractivity contribution is 6.31. The highest BCUT2D eigenvalue weighted by Crippen LogP contribution is 2.14. The van der Waals surface area contributed by atoms with Crippen LogP contribution < -0.4 is 5.32 Å². The second kappa shape index (κ2) is 10.4. The van der Waals surface area contributed by atoms with E-state index < -0.39 is 0 Å². The SMILES string of the molecule is Cc1cc(NC(=O)CN(CCCN2CCOCC2)C(=O)c2cccc(Cl)c2)no1. The van der Waals surface area contributed by atoms with Gasteiger partial charge in [0.2, 0.25) is 5.91 Å². The number of morpholine rings is 1. The fraction of sp³-hybridized carbons (Fsp3) is 0.450. The number of halogens is 1. The molecule has 29 heavy (non-hydrogen) atoms. The number of amides is 2. The van der Waals surface area contributed by atoms with Crippen molar-refractivity contribution in [3.8, 4) is 0 Å². The number of ether oxygens (including phenoxy) is 1. The van der Waals surface area contributed by atoms with Gasteiger partial charge in [0.05, 0.1) is 13.2 Å². The monoisotopic (exact) mass is 420 g/mol. The van der Waals surface area contributed by atoms with E-state index in [1.807, 2.05) is 0 Å². The van der Waals surface area contributed by atoms with Crippen molar-refractivity contribution in [3.05, 3.63) is 46.7 Å². The maximum absolute atomic E-state index is 13.0. The zero-order valence-corrected chi connectivity index (χ0v) is 17.2. The summed E-state index contributed by atoms with van der Waals surface area (Å²) < 4.78 is 10.3. The first-order chi connectivity index (χ1) is 14.0. The number of hydrogen-bond acceptors (Lipinski definition) is 6. The van der Waals surface area contributed by atoms with Crippen LogP contribution in [-0.2, 0) is 9.53 Å². The van der Waals surface area contributed by atoms with Gasteiger partial charge >= 0.3 is 0 Å². The van der Waals surface area contributed by atoms with Crippen LogP contribution in [0.15, 0.2) is 34.9 Å². The number of nitrogens with one attached hydrogen (secondary N) is 1. The standard InChI is InChI=1S/C20H25ClN4O4/c1-15-12-18(23-29-15)22-19(26)14-25(7-3-6-24-8-10-28-11-9-24)20(27)16-4-2-5-17(21)13-16/h2,4-5,12-13H,3,6-11,14H2,1H3,(H,22,23,26). The predicted molar refractivity (Wildman–Crippen MR) is 109 cm³/mol. The lowest BCUT2D eigenvalue weighted by Crippen LogP contribution is -2.41. The number of anilines is 1. The first kappa shape index (κ1) is 21.3. The Bertz CT molecular complexity index is 835. The van der Waals surface area contributed by atoms with Gasteiger partial charge < -0.3 is 19.5 Å². The zero-order chi connectivity index (χ0) is 20.6. The van der Waals surface area contributed by atoms with Crippen LogP contribution in [0.3, 0.4) is 0 Å². The maximum Gasteiger partial charge on any atom is 0.254 e. The Hall–Kier alpha value is -2.42. The summed E-state index contributed by atoms with van der Waals surface area (Å²) in [5.74, 6) is 0.356. The zero-order valence-electron chi connectivity index (χ0n) is 16.4. The Morgan fingerprint density at radius 1 is 1.28 bits per heavy atom. The number of carbonyl (C=O) groups is 2. The summed E-state index contributed by atoms with van der Waals surface area (Å²) in [4.78, 5) is 29.3.